The predicted octanol–water partition coefficient (Wildman–Crippen LogP) is 3.84. The van der Waals surface area contributed by atoms with E-state index in [4.69, 9.17) is 9.15 Å². The Bertz CT molecular complexity index is 546. The van der Waals surface area contributed by atoms with E-state index in [1.165, 1.54) is 0 Å². The molecule has 0 spiro atoms. The Morgan fingerprint density at radius 3 is 2.56 bits per heavy atom. The van der Waals surface area contributed by atoms with Crippen molar-refractivity contribution in [1.29, 1.82) is 0 Å². The van der Waals surface area contributed by atoms with Crippen molar-refractivity contribution in [3.63, 3.8) is 0 Å². The average molecular weight is 246 g/mol. The number of esters is 1. The molecule has 0 aliphatic heterocycles. The Kier molecular flexibility index (Phi) is 2.58. The van der Waals surface area contributed by atoms with Crippen LogP contribution in [0.5, 0.6) is 0 Å². The van der Waals surface area contributed by atoms with Gasteiger partial charge in [0.15, 0.2) is 0 Å². The largest absolute Gasteiger partial charge is 0.457 e. The van der Waals surface area contributed by atoms with Gasteiger partial charge in [-0.2, -0.15) is 0 Å². The maximum Gasteiger partial charge on any atom is 0.309 e. The van der Waals surface area contributed by atoms with E-state index in [0.29, 0.717) is 0 Å². The van der Waals surface area contributed by atoms with Crippen LogP contribution < -0.4 is 0 Å². The van der Waals surface area contributed by atoms with Crippen LogP contribution >= 0.6 is 0 Å². The van der Waals surface area contributed by atoms with Gasteiger partial charge in [-0.15, -0.1) is 0 Å². The molecule has 2 aromatic rings. The van der Waals surface area contributed by atoms with Gasteiger partial charge in [-0.1, -0.05) is 13.8 Å². The number of hydrogen-bond acceptors (Lipinski definition) is 3. The van der Waals surface area contributed by atoms with Crippen LogP contribution in [0.2, 0.25) is 0 Å². The number of carbonyl (C=O) groups is 1. The third-order valence-corrected chi connectivity index (χ3v) is 3.85. The summed E-state index contributed by atoms with van der Waals surface area (Å²) in [5.41, 5.74) is 2.35. The minimum atomic E-state index is -0.441. The first kappa shape index (κ1) is 11.6. The molecule has 3 nitrogen and oxygen atoms in total. The first-order chi connectivity index (χ1) is 8.61. The SMILES string of the molecule is CC(C)C(=O)OC1(c2cc3ccc2o3)CCCC1. The van der Waals surface area contributed by atoms with Gasteiger partial charge < -0.3 is 9.15 Å². The fraction of sp³-hybridized carbons (Fsp3) is 0.533. The van der Waals surface area contributed by atoms with Gasteiger partial charge in [-0.05, 0) is 43.9 Å². The number of fused-ring (bicyclic) bond motifs is 2. The lowest BCUT2D eigenvalue weighted by Crippen LogP contribution is -2.31. The zero-order valence-electron chi connectivity index (χ0n) is 10.9. The van der Waals surface area contributed by atoms with Gasteiger partial charge in [-0.25, -0.2) is 0 Å². The molecule has 0 amide bonds. The van der Waals surface area contributed by atoms with Crippen molar-refractivity contribution in [2.45, 2.75) is 45.1 Å². The van der Waals surface area contributed by atoms with Crippen molar-refractivity contribution in [2.75, 3.05) is 0 Å². The molecular weight excluding hydrogens is 228 g/mol. The zero-order chi connectivity index (χ0) is 12.8. The Balaban J connectivity index is 1.96. The molecule has 0 unspecified atom stereocenters. The van der Waals surface area contributed by atoms with E-state index < -0.39 is 5.60 Å². The molecule has 1 fully saturated rings. The Morgan fingerprint density at radius 2 is 2.06 bits per heavy atom. The summed E-state index contributed by atoms with van der Waals surface area (Å²) in [6.45, 7) is 3.75. The second kappa shape index (κ2) is 4.01. The Labute approximate surface area is 106 Å². The first-order valence-corrected chi connectivity index (χ1v) is 6.66. The maximum absolute atomic E-state index is 11.9. The highest BCUT2D eigenvalue weighted by Gasteiger charge is 2.42. The molecule has 0 aromatic carbocycles. The fourth-order valence-electron chi connectivity index (χ4n) is 2.83. The van der Waals surface area contributed by atoms with E-state index >= 15 is 0 Å². The second-order valence-electron chi connectivity index (χ2n) is 5.54. The monoisotopic (exact) mass is 246 g/mol. The summed E-state index contributed by atoms with van der Waals surface area (Å²) in [6.07, 6.45) is 4.03. The predicted molar refractivity (Wildman–Crippen MR) is 68.5 cm³/mol. The van der Waals surface area contributed by atoms with Gasteiger partial charge >= 0.3 is 5.97 Å². The van der Waals surface area contributed by atoms with Crippen molar-refractivity contribution in [3.8, 4) is 0 Å². The number of carbonyl (C=O) groups excluding carboxylic acids is 1. The highest BCUT2D eigenvalue weighted by atomic mass is 16.6. The molecule has 0 atom stereocenters. The molecule has 96 valence electrons. The number of hydrogen-bond donors (Lipinski definition) is 0. The van der Waals surface area contributed by atoms with Crippen molar-refractivity contribution < 1.29 is 13.9 Å². The van der Waals surface area contributed by atoms with E-state index in [0.717, 1.165) is 42.4 Å². The van der Waals surface area contributed by atoms with Crippen molar-refractivity contribution >= 4 is 17.1 Å². The maximum atomic E-state index is 11.9. The van der Waals surface area contributed by atoms with Crippen LogP contribution in [-0.4, -0.2) is 5.97 Å². The average Bonchev–Trinajstić information content (AvgIpc) is 3.04. The Hall–Kier alpha value is -1.51. The van der Waals surface area contributed by atoms with E-state index in [2.05, 4.69) is 0 Å². The number of ether oxygens (including phenoxy) is 1. The molecule has 3 rings (SSSR count). The minimum Gasteiger partial charge on any atom is -0.457 e. The molecule has 0 radical (unpaired) electrons. The molecule has 3 heteroatoms. The summed E-state index contributed by atoms with van der Waals surface area (Å²) in [4.78, 5) is 11.9. The van der Waals surface area contributed by atoms with Crippen LogP contribution in [0, 0.1) is 5.92 Å². The Morgan fingerprint density at radius 1 is 1.33 bits per heavy atom. The summed E-state index contributed by atoms with van der Waals surface area (Å²) in [5.74, 6) is -0.203. The van der Waals surface area contributed by atoms with Gasteiger partial charge in [-0.3, -0.25) is 4.79 Å². The molecule has 1 saturated carbocycles. The smallest absolute Gasteiger partial charge is 0.309 e. The molecule has 0 saturated heterocycles. The van der Waals surface area contributed by atoms with Crippen LogP contribution in [-0.2, 0) is 15.1 Å². The van der Waals surface area contributed by atoms with Crippen molar-refractivity contribution in [3.05, 3.63) is 23.8 Å². The van der Waals surface area contributed by atoms with Crippen LogP contribution in [0.3, 0.4) is 0 Å². The van der Waals surface area contributed by atoms with Crippen molar-refractivity contribution in [1.82, 2.24) is 0 Å². The zero-order valence-corrected chi connectivity index (χ0v) is 10.9. The van der Waals surface area contributed by atoms with Crippen LogP contribution in [0.25, 0.3) is 11.2 Å². The first-order valence-electron chi connectivity index (χ1n) is 6.66. The number of rotatable bonds is 3. The summed E-state index contributed by atoms with van der Waals surface area (Å²) < 4.78 is 11.4. The van der Waals surface area contributed by atoms with Crippen LogP contribution in [0.15, 0.2) is 22.6 Å². The lowest BCUT2D eigenvalue weighted by molar-refractivity contribution is -0.164. The van der Waals surface area contributed by atoms with E-state index in [-0.39, 0.29) is 11.9 Å². The third kappa shape index (κ3) is 1.69. The highest BCUT2D eigenvalue weighted by Crippen LogP contribution is 2.46. The van der Waals surface area contributed by atoms with Gasteiger partial charge in [0.1, 0.15) is 16.8 Å². The lowest BCUT2D eigenvalue weighted by atomic mass is 9.91. The quantitative estimate of drug-likeness (QED) is 0.772. The molecule has 2 heterocycles. The minimum absolute atomic E-state index is 0.0872. The van der Waals surface area contributed by atoms with Crippen molar-refractivity contribution in [2.24, 2.45) is 5.92 Å². The van der Waals surface area contributed by atoms with Gasteiger partial charge in [0.2, 0.25) is 0 Å². The molecule has 1 aliphatic rings. The summed E-state index contributed by atoms with van der Waals surface area (Å²) in [7, 11) is 0. The molecule has 1 aliphatic carbocycles. The van der Waals surface area contributed by atoms with Gasteiger partial charge in [0.25, 0.3) is 0 Å². The standard InChI is InChI=1S/C15H18O3/c1-10(2)14(16)18-15(7-3-4-8-15)12-9-11-5-6-13(12)17-11/h5-6,9-10H,3-4,7-8H2,1-2H3. The van der Waals surface area contributed by atoms with Gasteiger partial charge in [0.05, 0.1) is 5.92 Å². The van der Waals surface area contributed by atoms with E-state index in [9.17, 15) is 4.79 Å². The van der Waals surface area contributed by atoms with E-state index in [1.54, 1.807) is 0 Å². The summed E-state index contributed by atoms with van der Waals surface area (Å²) in [5, 5.41) is 0. The van der Waals surface area contributed by atoms with Crippen LogP contribution in [0.4, 0.5) is 0 Å². The fourth-order valence-corrected chi connectivity index (χ4v) is 2.83. The number of benzene rings is 1. The lowest BCUT2D eigenvalue weighted by Gasteiger charge is -2.29. The molecule has 2 bridgehead atoms. The summed E-state index contributed by atoms with van der Waals surface area (Å²) >= 11 is 0. The normalized spacial score (nSPS) is 18.8. The van der Waals surface area contributed by atoms with E-state index in [1.807, 2.05) is 32.0 Å². The second-order valence-corrected chi connectivity index (χ2v) is 5.54. The number of furan rings is 2. The molecule has 18 heavy (non-hydrogen) atoms. The summed E-state index contributed by atoms with van der Waals surface area (Å²) in [6, 6.07) is 5.94. The molecular formula is C15H18O3. The van der Waals surface area contributed by atoms with Crippen LogP contribution in [0.1, 0.15) is 45.1 Å². The molecule has 0 N–H and O–H groups in total. The van der Waals surface area contributed by atoms with Gasteiger partial charge in [0, 0.05) is 5.56 Å². The third-order valence-electron chi connectivity index (χ3n) is 3.85. The topological polar surface area (TPSA) is 39.4 Å². The highest BCUT2D eigenvalue weighted by molar-refractivity contribution is 5.74. The molecule has 2 aromatic heterocycles.